The van der Waals surface area contributed by atoms with E-state index in [1.165, 1.54) is 0 Å². The Bertz CT molecular complexity index is 1400. The zero-order valence-corrected chi connectivity index (χ0v) is 15.1. The van der Waals surface area contributed by atoms with E-state index in [2.05, 4.69) is 25.4 Å². The number of nitrogens with one attached hydrogen (secondary N) is 2. The fourth-order valence-corrected chi connectivity index (χ4v) is 3.29. The van der Waals surface area contributed by atoms with Gasteiger partial charge in [0.15, 0.2) is 5.69 Å². The molecule has 0 saturated carbocycles. The minimum Gasteiger partial charge on any atom is -0.493 e. The number of hydrogen-bond acceptors (Lipinski definition) is 4. The summed E-state index contributed by atoms with van der Waals surface area (Å²) in [6, 6.07) is 22.9. The third-order valence-corrected chi connectivity index (χ3v) is 4.75. The maximum atomic E-state index is 12.4. The third kappa shape index (κ3) is 3.04. The van der Waals surface area contributed by atoms with Crippen molar-refractivity contribution in [1.29, 1.82) is 0 Å². The lowest BCUT2D eigenvalue weighted by Crippen LogP contribution is -1.93. The van der Waals surface area contributed by atoms with Crippen molar-refractivity contribution >= 4 is 33.3 Å². The van der Waals surface area contributed by atoms with Gasteiger partial charge in [0, 0.05) is 10.9 Å². The first-order chi connectivity index (χ1) is 14.2. The van der Waals surface area contributed by atoms with Crippen LogP contribution in [0.2, 0.25) is 0 Å². The van der Waals surface area contributed by atoms with Gasteiger partial charge in [0.1, 0.15) is 5.69 Å². The van der Waals surface area contributed by atoms with Gasteiger partial charge in [-0.15, -0.1) is 10.2 Å². The fraction of sp³-hybridized carbons (Fsp3) is 0. The zero-order valence-electron chi connectivity index (χ0n) is 15.1. The molecule has 140 valence electrons. The predicted octanol–water partition coefficient (Wildman–Crippen LogP) is 5.34. The lowest BCUT2D eigenvalue weighted by Gasteiger charge is -2.00. The number of H-pyrrole nitrogens is 2. The van der Waals surface area contributed by atoms with Gasteiger partial charge < -0.3 is 10.1 Å². The third-order valence-electron chi connectivity index (χ3n) is 4.75. The highest BCUT2D eigenvalue weighted by molar-refractivity contribution is 5.96. The smallest absolute Gasteiger partial charge is 0.313 e. The molecule has 29 heavy (non-hydrogen) atoms. The number of amides is 1. The summed E-state index contributed by atoms with van der Waals surface area (Å²) in [6.07, 6.45) is 0. The molecule has 0 atom stereocenters. The molecule has 2 heterocycles. The maximum absolute atomic E-state index is 12.4. The van der Waals surface area contributed by atoms with Crippen molar-refractivity contribution in [3.63, 3.8) is 0 Å². The molecule has 7 nitrogen and oxygen atoms in total. The fourth-order valence-electron chi connectivity index (χ4n) is 3.29. The van der Waals surface area contributed by atoms with Crippen LogP contribution in [0.5, 0.6) is 5.88 Å². The summed E-state index contributed by atoms with van der Waals surface area (Å²) in [4.78, 5) is 15.2. The largest absolute Gasteiger partial charge is 0.493 e. The summed E-state index contributed by atoms with van der Waals surface area (Å²) in [5, 5.41) is 27.5. The minimum absolute atomic E-state index is 0.135. The molecule has 2 aromatic heterocycles. The Kier molecular flexibility index (Phi) is 3.91. The summed E-state index contributed by atoms with van der Waals surface area (Å²) in [6.45, 7) is 0. The van der Waals surface area contributed by atoms with E-state index in [-0.39, 0.29) is 17.3 Å². The van der Waals surface area contributed by atoms with Crippen molar-refractivity contribution in [2.24, 2.45) is 10.2 Å². The van der Waals surface area contributed by atoms with Gasteiger partial charge in [0.2, 0.25) is 5.88 Å². The molecule has 0 saturated heterocycles. The van der Waals surface area contributed by atoms with Crippen LogP contribution in [-0.4, -0.2) is 26.2 Å². The van der Waals surface area contributed by atoms with Crippen molar-refractivity contribution < 1.29 is 9.90 Å². The summed E-state index contributed by atoms with van der Waals surface area (Å²) in [7, 11) is 0. The number of nitrogens with zero attached hydrogens (tertiary/aromatic N) is 3. The maximum Gasteiger partial charge on any atom is 0.313 e. The van der Waals surface area contributed by atoms with E-state index in [0.29, 0.717) is 16.6 Å². The standard InChI is InChI=1S/C22H15N5O2/c28-21(27-26-20-16-7-3-4-8-17(16)23-22(20)29)19-12-18(24-25-19)15-10-9-13-5-1-2-6-14(13)11-15/h1-12,23,29H,(H,24,25). The average Bonchev–Trinajstić information content (AvgIpc) is 3.36. The van der Waals surface area contributed by atoms with Crippen LogP contribution in [0.25, 0.3) is 32.9 Å². The number of benzene rings is 3. The minimum atomic E-state index is -0.575. The highest BCUT2D eigenvalue weighted by Crippen LogP contribution is 2.35. The van der Waals surface area contributed by atoms with Crippen molar-refractivity contribution in [1.82, 2.24) is 15.2 Å². The lowest BCUT2D eigenvalue weighted by molar-refractivity contribution is 0.0990. The normalized spacial score (nSPS) is 11.6. The highest BCUT2D eigenvalue weighted by Gasteiger charge is 2.13. The van der Waals surface area contributed by atoms with Crippen LogP contribution < -0.4 is 0 Å². The Labute approximate surface area is 164 Å². The number of aromatic amines is 2. The number of aromatic nitrogens is 3. The van der Waals surface area contributed by atoms with E-state index in [0.717, 1.165) is 16.3 Å². The van der Waals surface area contributed by atoms with E-state index < -0.39 is 5.91 Å². The van der Waals surface area contributed by atoms with Gasteiger partial charge in [-0.05, 0) is 29.0 Å². The Hall–Kier alpha value is -4.26. The second-order valence-corrected chi connectivity index (χ2v) is 6.60. The Morgan fingerprint density at radius 3 is 2.62 bits per heavy atom. The topological polar surface area (TPSA) is 106 Å². The lowest BCUT2D eigenvalue weighted by atomic mass is 10.1. The molecule has 3 aromatic carbocycles. The number of para-hydroxylation sites is 1. The van der Waals surface area contributed by atoms with Gasteiger partial charge >= 0.3 is 5.91 Å². The molecule has 7 heteroatoms. The predicted molar refractivity (Wildman–Crippen MR) is 110 cm³/mol. The van der Waals surface area contributed by atoms with Crippen LogP contribution in [0.15, 0.2) is 83.0 Å². The molecule has 0 bridgehead atoms. The molecule has 5 aromatic rings. The van der Waals surface area contributed by atoms with Crippen LogP contribution in [0.3, 0.4) is 0 Å². The van der Waals surface area contributed by atoms with Gasteiger partial charge in [-0.3, -0.25) is 9.89 Å². The molecule has 1 amide bonds. The molecule has 0 radical (unpaired) electrons. The number of aromatic hydroxyl groups is 1. The number of fused-ring (bicyclic) bond motifs is 2. The number of rotatable bonds is 3. The molecule has 3 N–H and O–H groups in total. The van der Waals surface area contributed by atoms with E-state index in [4.69, 9.17) is 0 Å². The van der Waals surface area contributed by atoms with Gasteiger partial charge in [0.05, 0.1) is 11.2 Å². The van der Waals surface area contributed by atoms with Crippen LogP contribution in [0.4, 0.5) is 5.69 Å². The van der Waals surface area contributed by atoms with Crippen molar-refractivity contribution in [2.45, 2.75) is 0 Å². The molecule has 5 rings (SSSR count). The second-order valence-electron chi connectivity index (χ2n) is 6.60. The van der Waals surface area contributed by atoms with Crippen molar-refractivity contribution in [2.75, 3.05) is 0 Å². The van der Waals surface area contributed by atoms with Crippen LogP contribution in [-0.2, 0) is 0 Å². The molecule has 0 spiro atoms. The molecule has 0 fully saturated rings. The first kappa shape index (κ1) is 16.9. The molecule has 0 unspecified atom stereocenters. The van der Waals surface area contributed by atoms with Crippen molar-refractivity contribution in [3.05, 3.63) is 78.5 Å². The molecule has 0 aliphatic carbocycles. The SMILES string of the molecule is O=C(N=Nc1c(O)[nH]c2ccccc12)c1cc(-c2ccc3ccccc3c2)n[nH]1. The molecule has 0 aliphatic rings. The quantitative estimate of drug-likeness (QED) is 0.367. The number of hydrogen-bond donors (Lipinski definition) is 3. The average molecular weight is 381 g/mol. The second kappa shape index (κ2) is 6.72. The first-order valence-electron chi connectivity index (χ1n) is 8.99. The molecular weight excluding hydrogens is 366 g/mol. The van der Waals surface area contributed by atoms with Crippen LogP contribution in [0.1, 0.15) is 10.5 Å². The highest BCUT2D eigenvalue weighted by atomic mass is 16.3. The van der Waals surface area contributed by atoms with Gasteiger partial charge in [-0.25, -0.2) is 0 Å². The molecule has 0 aliphatic heterocycles. The summed E-state index contributed by atoms with van der Waals surface area (Å²) in [5.74, 6) is -0.710. The monoisotopic (exact) mass is 381 g/mol. The number of carbonyl (C=O) groups is 1. The summed E-state index contributed by atoms with van der Waals surface area (Å²) in [5.41, 5.74) is 2.69. The van der Waals surface area contributed by atoms with Crippen LogP contribution in [0, 0.1) is 0 Å². The Morgan fingerprint density at radius 1 is 0.931 bits per heavy atom. The van der Waals surface area contributed by atoms with Gasteiger partial charge in [-0.2, -0.15) is 5.10 Å². The number of azo groups is 1. The van der Waals surface area contributed by atoms with E-state index in [1.807, 2.05) is 54.6 Å². The van der Waals surface area contributed by atoms with Gasteiger partial charge in [0.25, 0.3) is 0 Å². The van der Waals surface area contributed by atoms with Gasteiger partial charge in [-0.1, -0.05) is 54.6 Å². The number of carbonyl (C=O) groups excluding carboxylic acids is 1. The Balaban J connectivity index is 1.43. The van der Waals surface area contributed by atoms with E-state index in [1.54, 1.807) is 18.2 Å². The molecular formula is C22H15N5O2. The first-order valence-corrected chi connectivity index (χ1v) is 8.99. The van der Waals surface area contributed by atoms with E-state index in [9.17, 15) is 9.90 Å². The van der Waals surface area contributed by atoms with Crippen LogP contribution >= 0.6 is 0 Å². The summed E-state index contributed by atoms with van der Waals surface area (Å²) >= 11 is 0. The summed E-state index contributed by atoms with van der Waals surface area (Å²) < 4.78 is 0. The Morgan fingerprint density at radius 2 is 1.72 bits per heavy atom. The zero-order chi connectivity index (χ0) is 19.8. The van der Waals surface area contributed by atoms with Crippen molar-refractivity contribution in [3.8, 4) is 17.1 Å². The van der Waals surface area contributed by atoms with E-state index >= 15 is 0 Å².